The highest BCUT2D eigenvalue weighted by atomic mass is 16.3. The molecule has 0 atom stereocenters. The van der Waals surface area contributed by atoms with Crippen LogP contribution in [0.2, 0.25) is 0 Å². The van der Waals surface area contributed by atoms with E-state index in [0.29, 0.717) is 22.7 Å². The summed E-state index contributed by atoms with van der Waals surface area (Å²) < 4.78 is 7.12. The average Bonchev–Trinajstić information content (AvgIpc) is 3.56. The number of anilines is 1. The monoisotopic (exact) mass is 426 g/mol. The average molecular weight is 426 g/mol. The molecule has 2 aromatic heterocycles. The van der Waals surface area contributed by atoms with Crippen molar-refractivity contribution in [1.82, 2.24) is 15.1 Å². The van der Waals surface area contributed by atoms with Crippen LogP contribution in [0.15, 0.2) is 77.4 Å². The second-order valence-electron chi connectivity index (χ2n) is 7.64. The van der Waals surface area contributed by atoms with Gasteiger partial charge in [0.1, 0.15) is 5.76 Å². The number of amides is 2. The van der Waals surface area contributed by atoms with E-state index in [1.54, 1.807) is 42.7 Å². The standard InChI is InChI=1S/C25H22N4O3/c30-24(26-16-18-10-7-15-32-18)19-11-4-5-13-21(19)27-25(31)23-20-12-6-14-22(20)29(28-23)17-8-2-1-3-9-17/h1-5,7-11,13,15H,6,12,14,16H2,(H,26,30)(H,27,31). The Kier molecular flexibility index (Phi) is 5.29. The number of benzene rings is 2. The summed E-state index contributed by atoms with van der Waals surface area (Å²) in [5, 5.41) is 10.3. The number of hydrogen-bond acceptors (Lipinski definition) is 4. The van der Waals surface area contributed by atoms with Gasteiger partial charge in [-0.15, -0.1) is 0 Å². The minimum atomic E-state index is -0.316. The van der Waals surface area contributed by atoms with Gasteiger partial charge in [-0.2, -0.15) is 5.10 Å². The van der Waals surface area contributed by atoms with Gasteiger partial charge in [-0.05, 0) is 55.7 Å². The number of hydrogen-bond donors (Lipinski definition) is 2. The first-order chi connectivity index (χ1) is 15.7. The summed E-state index contributed by atoms with van der Waals surface area (Å²) in [7, 11) is 0. The number of carbonyl (C=O) groups is 2. The zero-order valence-corrected chi connectivity index (χ0v) is 17.4. The first kappa shape index (κ1) is 19.8. The molecule has 2 N–H and O–H groups in total. The molecule has 0 bridgehead atoms. The maximum Gasteiger partial charge on any atom is 0.276 e. The number of nitrogens with zero attached hydrogens (tertiary/aromatic N) is 2. The molecule has 160 valence electrons. The smallest absolute Gasteiger partial charge is 0.276 e. The molecule has 0 aliphatic heterocycles. The molecular formula is C25H22N4O3. The zero-order valence-electron chi connectivity index (χ0n) is 17.4. The van der Waals surface area contributed by atoms with Crippen molar-refractivity contribution >= 4 is 17.5 Å². The SMILES string of the molecule is O=C(NCc1ccco1)c1ccccc1NC(=O)c1nn(-c2ccccc2)c2c1CCC2. The fraction of sp³-hybridized carbons (Fsp3) is 0.160. The number of fused-ring (bicyclic) bond motifs is 1. The molecule has 0 fully saturated rings. The Balaban J connectivity index is 1.39. The molecule has 0 radical (unpaired) electrons. The summed E-state index contributed by atoms with van der Waals surface area (Å²) in [5.41, 5.74) is 4.22. The highest BCUT2D eigenvalue weighted by molar-refractivity contribution is 6.09. The van der Waals surface area contributed by atoms with Gasteiger partial charge in [0.05, 0.1) is 29.7 Å². The van der Waals surface area contributed by atoms with Crippen molar-refractivity contribution in [2.24, 2.45) is 0 Å². The summed E-state index contributed by atoms with van der Waals surface area (Å²) in [5.74, 6) is 0.0448. The molecule has 2 aromatic carbocycles. The number of carbonyl (C=O) groups excluding carboxylic acids is 2. The molecule has 4 aromatic rings. The van der Waals surface area contributed by atoms with E-state index in [1.807, 2.05) is 35.0 Å². The van der Waals surface area contributed by atoms with E-state index in [-0.39, 0.29) is 18.4 Å². The third kappa shape index (κ3) is 3.80. The van der Waals surface area contributed by atoms with Gasteiger partial charge in [-0.1, -0.05) is 30.3 Å². The number of para-hydroxylation sites is 2. The van der Waals surface area contributed by atoms with E-state index in [1.165, 1.54) is 0 Å². The first-order valence-electron chi connectivity index (χ1n) is 10.6. The van der Waals surface area contributed by atoms with Crippen LogP contribution < -0.4 is 10.6 Å². The molecular weight excluding hydrogens is 404 g/mol. The second-order valence-corrected chi connectivity index (χ2v) is 7.64. The number of aromatic nitrogens is 2. The number of furan rings is 1. The predicted molar refractivity (Wildman–Crippen MR) is 120 cm³/mol. The molecule has 2 amide bonds. The summed E-state index contributed by atoms with van der Waals surface area (Å²) in [6.07, 6.45) is 4.25. The Bertz CT molecular complexity index is 1260. The van der Waals surface area contributed by atoms with E-state index in [2.05, 4.69) is 15.7 Å². The van der Waals surface area contributed by atoms with Gasteiger partial charge in [0.2, 0.25) is 0 Å². The topological polar surface area (TPSA) is 89.2 Å². The van der Waals surface area contributed by atoms with Crippen molar-refractivity contribution in [2.45, 2.75) is 25.8 Å². The predicted octanol–water partition coefficient (Wildman–Crippen LogP) is 4.14. The Morgan fingerprint density at radius 2 is 1.75 bits per heavy atom. The first-order valence-corrected chi connectivity index (χ1v) is 10.6. The third-order valence-electron chi connectivity index (χ3n) is 5.57. The normalized spacial score (nSPS) is 12.4. The summed E-state index contributed by atoms with van der Waals surface area (Å²) in [6.45, 7) is 0.267. The molecule has 0 spiro atoms. The summed E-state index contributed by atoms with van der Waals surface area (Å²) in [6, 6.07) is 20.3. The van der Waals surface area contributed by atoms with Gasteiger partial charge in [-0.3, -0.25) is 9.59 Å². The van der Waals surface area contributed by atoms with E-state index in [0.717, 1.165) is 36.2 Å². The quantitative estimate of drug-likeness (QED) is 0.485. The minimum Gasteiger partial charge on any atom is -0.467 e. The zero-order chi connectivity index (χ0) is 21.9. The van der Waals surface area contributed by atoms with Crippen LogP contribution in [0.5, 0.6) is 0 Å². The maximum atomic E-state index is 13.2. The van der Waals surface area contributed by atoms with Crippen molar-refractivity contribution in [2.75, 3.05) is 5.32 Å². The minimum absolute atomic E-state index is 0.267. The number of rotatable bonds is 6. The van der Waals surface area contributed by atoms with Crippen LogP contribution in [-0.2, 0) is 19.4 Å². The molecule has 1 aliphatic carbocycles. The second kappa shape index (κ2) is 8.55. The summed E-state index contributed by atoms with van der Waals surface area (Å²) >= 11 is 0. The lowest BCUT2D eigenvalue weighted by molar-refractivity contribution is 0.0949. The fourth-order valence-corrected chi connectivity index (χ4v) is 4.05. The molecule has 0 unspecified atom stereocenters. The largest absolute Gasteiger partial charge is 0.467 e. The lowest BCUT2D eigenvalue weighted by Crippen LogP contribution is -2.25. The Hall–Kier alpha value is -4.13. The van der Waals surface area contributed by atoms with Crippen LogP contribution in [0, 0.1) is 0 Å². The van der Waals surface area contributed by atoms with E-state index < -0.39 is 0 Å². The van der Waals surface area contributed by atoms with Gasteiger partial charge in [0, 0.05) is 11.3 Å². The van der Waals surface area contributed by atoms with Crippen LogP contribution in [0.4, 0.5) is 5.69 Å². The molecule has 2 heterocycles. The number of nitrogens with one attached hydrogen (secondary N) is 2. The van der Waals surface area contributed by atoms with Gasteiger partial charge in [-0.25, -0.2) is 4.68 Å². The Labute approximate surface area is 185 Å². The van der Waals surface area contributed by atoms with Crippen LogP contribution in [0.3, 0.4) is 0 Å². The van der Waals surface area contributed by atoms with Crippen molar-refractivity contribution in [3.63, 3.8) is 0 Å². The van der Waals surface area contributed by atoms with Crippen LogP contribution in [-0.4, -0.2) is 21.6 Å². The molecule has 7 heteroatoms. The third-order valence-corrected chi connectivity index (χ3v) is 5.57. The van der Waals surface area contributed by atoms with Crippen LogP contribution in [0.1, 0.15) is 44.3 Å². The molecule has 0 saturated carbocycles. The van der Waals surface area contributed by atoms with Crippen molar-refractivity contribution in [3.05, 3.63) is 101 Å². The van der Waals surface area contributed by atoms with Crippen LogP contribution in [0.25, 0.3) is 5.69 Å². The lowest BCUT2D eigenvalue weighted by Gasteiger charge is -2.11. The molecule has 7 nitrogen and oxygen atoms in total. The van der Waals surface area contributed by atoms with E-state index in [9.17, 15) is 9.59 Å². The van der Waals surface area contributed by atoms with Crippen molar-refractivity contribution in [3.8, 4) is 5.69 Å². The fourth-order valence-electron chi connectivity index (χ4n) is 4.05. The van der Waals surface area contributed by atoms with Gasteiger partial charge >= 0.3 is 0 Å². The molecule has 5 rings (SSSR count). The maximum absolute atomic E-state index is 13.2. The van der Waals surface area contributed by atoms with Crippen LogP contribution >= 0.6 is 0 Å². The highest BCUT2D eigenvalue weighted by Crippen LogP contribution is 2.28. The van der Waals surface area contributed by atoms with E-state index in [4.69, 9.17) is 4.42 Å². The molecule has 0 saturated heterocycles. The van der Waals surface area contributed by atoms with Gasteiger partial charge in [0.15, 0.2) is 5.69 Å². The lowest BCUT2D eigenvalue weighted by atomic mass is 10.1. The highest BCUT2D eigenvalue weighted by Gasteiger charge is 2.27. The van der Waals surface area contributed by atoms with Crippen molar-refractivity contribution < 1.29 is 14.0 Å². The molecule has 32 heavy (non-hydrogen) atoms. The van der Waals surface area contributed by atoms with Crippen molar-refractivity contribution in [1.29, 1.82) is 0 Å². The Morgan fingerprint density at radius 1 is 0.938 bits per heavy atom. The molecule has 1 aliphatic rings. The van der Waals surface area contributed by atoms with E-state index >= 15 is 0 Å². The summed E-state index contributed by atoms with van der Waals surface area (Å²) in [4.78, 5) is 25.9. The van der Waals surface area contributed by atoms with Gasteiger partial charge < -0.3 is 15.1 Å². The Morgan fingerprint density at radius 3 is 2.56 bits per heavy atom. The van der Waals surface area contributed by atoms with Gasteiger partial charge in [0.25, 0.3) is 11.8 Å².